The molecular formula is C12H17BrClN. The van der Waals surface area contributed by atoms with Gasteiger partial charge in [0.05, 0.1) is 0 Å². The summed E-state index contributed by atoms with van der Waals surface area (Å²) in [4.78, 5) is 0. The van der Waals surface area contributed by atoms with Crippen LogP contribution in [-0.2, 0) is 6.54 Å². The van der Waals surface area contributed by atoms with Crippen molar-refractivity contribution < 1.29 is 0 Å². The number of benzene rings is 1. The fraction of sp³-hybridized carbons (Fsp3) is 0.500. The molecule has 0 unspecified atom stereocenters. The van der Waals surface area contributed by atoms with Crippen molar-refractivity contribution in [2.45, 2.75) is 39.3 Å². The maximum atomic E-state index is 5.88. The van der Waals surface area contributed by atoms with Gasteiger partial charge >= 0.3 is 0 Å². The second-order valence-electron chi connectivity index (χ2n) is 4.33. The third-order valence-electron chi connectivity index (χ3n) is 2.66. The number of hydrogen-bond donors (Lipinski definition) is 1. The SMILES string of the molecule is CCC(C)(C)NCc1ccc(Cl)cc1Br. The highest BCUT2D eigenvalue weighted by Gasteiger charge is 2.13. The molecule has 0 saturated heterocycles. The highest BCUT2D eigenvalue weighted by atomic mass is 79.9. The number of rotatable bonds is 4. The lowest BCUT2D eigenvalue weighted by molar-refractivity contribution is 0.374. The topological polar surface area (TPSA) is 12.0 Å². The van der Waals surface area contributed by atoms with E-state index in [0.29, 0.717) is 0 Å². The first-order valence-electron chi connectivity index (χ1n) is 5.13. The summed E-state index contributed by atoms with van der Waals surface area (Å²) in [5, 5.41) is 4.28. The number of halogens is 2. The van der Waals surface area contributed by atoms with Crippen LogP contribution in [0, 0.1) is 0 Å². The molecule has 0 aliphatic heterocycles. The van der Waals surface area contributed by atoms with Crippen molar-refractivity contribution in [3.63, 3.8) is 0 Å². The monoisotopic (exact) mass is 289 g/mol. The molecule has 0 amide bonds. The summed E-state index contributed by atoms with van der Waals surface area (Å²) in [6.07, 6.45) is 1.11. The van der Waals surface area contributed by atoms with Crippen LogP contribution in [0.15, 0.2) is 22.7 Å². The van der Waals surface area contributed by atoms with Crippen molar-refractivity contribution in [3.05, 3.63) is 33.3 Å². The number of hydrogen-bond acceptors (Lipinski definition) is 1. The summed E-state index contributed by atoms with van der Waals surface area (Å²) in [7, 11) is 0. The van der Waals surface area contributed by atoms with Crippen molar-refractivity contribution in [1.29, 1.82) is 0 Å². The molecule has 0 aliphatic carbocycles. The molecular weight excluding hydrogens is 273 g/mol. The largest absolute Gasteiger partial charge is 0.308 e. The molecule has 0 spiro atoms. The van der Waals surface area contributed by atoms with E-state index in [4.69, 9.17) is 11.6 Å². The van der Waals surface area contributed by atoms with E-state index >= 15 is 0 Å². The van der Waals surface area contributed by atoms with Crippen molar-refractivity contribution in [3.8, 4) is 0 Å². The van der Waals surface area contributed by atoms with Gasteiger partial charge in [0.25, 0.3) is 0 Å². The quantitative estimate of drug-likeness (QED) is 0.867. The summed E-state index contributed by atoms with van der Waals surface area (Å²) in [5.74, 6) is 0. The van der Waals surface area contributed by atoms with Crippen LogP contribution in [0.2, 0.25) is 5.02 Å². The molecule has 0 bridgehead atoms. The van der Waals surface area contributed by atoms with Gasteiger partial charge in [0.1, 0.15) is 0 Å². The first kappa shape index (κ1) is 13.0. The summed E-state index contributed by atoms with van der Waals surface area (Å²) in [6, 6.07) is 5.89. The van der Waals surface area contributed by atoms with Crippen LogP contribution >= 0.6 is 27.5 Å². The summed E-state index contributed by atoms with van der Waals surface area (Å²) in [6.45, 7) is 7.45. The molecule has 1 aromatic rings. The molecule has 0 atom stereocenters. The van der Waals surface area contributed by atoms with Gasteiger partial charge < -0.3 is 5.32 Å². The van der Waals surface area contributed by atoms with Crippen molar-refractivity contribution in [1.82, 2.24) is 5.32 Å². The Morgan fingerprint density at radius 1 is 1.40 bits per heavy atom. The van der Waals surface area contributed by atoms with E-state index in [9.17, 15) is 0 Å². The number of nitrogens with one attached hydrogen (secondary N) is 1. The molecule has 0 aliphatic rings. The first-order chi connectivity index (χ1) is 6.94. The van der Waals surface area contributed by atoms with Gasteiger partial charge in [0.15, 0.2) is 0 Å². The third-order valence-corrected chi connectivity index (χ3v) is 3.63. The maximum Gasteiger partial charge on any atom is 0.0417 e. The van der Waals surface area contributed by atoms with Crippen LogP contribution < -0.4 is 5.32 Å². The molecule has 0 fully saturated rings. The Hall–Kier alpha value is -0.0500. The van der Waals surface area contributed by atoms with Gasteiger partial charge in [-0.15, -0.1) is 0 Å². The highest BCUT2D eigenvalue weighted by molar-refractivity contribution is 9.10. The Labute approximate surface area is 105 Å². The molecule has 0 radical (unpaired) electrons. The van der Waals surface area contributed by atoms with Gasteiger partial charge in [-0.1, -0.05) is 40.5 Å². The van der Waals surface area contributed by atoms with Crippen molar-refractivity contribution in [2.75, 3.05) is 0 Å². The lowest BCUT2D eigenvalue weighted by Crippen LogP contribution is -2.37. The summed E-state index contributed by atoms with van der Waals surface area (Å²) in [5.41, 5.74) is 1.42. The minimum Gasteiger partial charge on any atom is -0.308 e. The lowest BCUT2D eigenvalue weighted by atomic mass is 10.0. The standard InChI is InChI=1S/C12H17BrClN/c1-4-12(2,3)15-8-9-5-6-10(14)7-11(9)13/h5-7,15H,4,8H2,1-3H3. The van der Waals surface area contributed by atoms with E-state index in [0.717, 1.165) is 22.5 Å². The van der Waals surface area contributed by atoms with E-state index in [1.54, 1.807) is 0 Å². The van der Waals surface area contributed by atoms with Gasteiger partial charge in [0, 0.05) is 21.6 Å². The fourth-order valence-electron chi connectivity index (χ4n) is 1.12. The van der Waals surface area contributed by atoms with Gasteiger partial charge in [0.2, 0.25) is 0 Å². The van der Waals surface area contributed by atoms with E-state index in [-0.39, 0.29) is 5.54 Å². The highest BCUT2D eigenvalue weighted by Crippen LogP contribution is 2.22. The van der Waals surface area contributed by atoms with Crippen LogP contribution in [0.4, 0.5) is 0 Å². The van der Waals surface area contributed by atoms with Gasteiger partial charge in [-0.3, -0.25) is 0 Å². The zero-order valence-electron chi connectivity index (χ0n) is 9.40. The normalized spacial score (nSPS) is 11.8. The minimum absolute atomic E-state index is 0.180. The van der Waals surface area contributed by atoms with Gasteiger partial charge in [-0.25, -0.2) is 0 Å². The third kappa shape index (κ3) is 4.13. The molecule has 0 saturated carbocycles. The molecule has 1 nitrogen and oxygen atoms in total. The van der Waals surface area contributed by atoms with Crippen LogP contribution in [-0.4, -0.2) is 5.54 Å². The van der Waals surface area contributed by atoms with E-state index in [1.165, 1.54) is 5.56 Å². The summed E-state index contributed by atoms with van der Waals surface area (Å²) < 4.78 is 1.06. The van der Waals surface area contributed by atoms with E-state index in [1.807, 2.05) is 18.2 Å². The van der Waals surface area contributed by atoms with Crippen LogP contribution in [0.3, 0.4) is 0 Å². The fourth-order valence-corrected chi connectivity index (χ4v) is 1.95. The Bertz CT molecular complexity index is 336. The molecule has 0 heterocycles. The molecule has 1 aromatic carbocycles. The van der Waals surface area contributed by atoms with Crippen molar-refractivity contribution >= 4 is 27.5 Å². The predicted molar refractivity (Wildman–Crippen MR) is 70.4 cm³/mol. The second-order valence-corrected chi connectivity index (χ2v) is 5.62. The minimum atomic E-state index is 0.180. The van der Waals surface area contributed by atoms with Gasteiger partial charge in [-0.2, -0.15) is 0 Å². The molecule has 1 N–H and O–H groups in total. The molecule has 0 aromatic heterocycles. The van der Waals surface area contributed by atoms with Crippen molar-refractivity contribution in [2.24, 2.45) is 0 Å². The Balaban J connectivity index is 2.66. The molecule has 15 heavy (non-hydrogen) atoms. The zero-order chi connectivity index (χ0) is 11.5. The Kier molecular flexibility index (Phi) is 4.63. The summed E-state index contributed by atoms with van der Waals surface area (Å²) >= 11 is 9.40. The van der Waals surface area contributed by atoms with E-state index < -0.39 is 0 Å². The maximum absolute atomic E-state index is 5.88. The van der Waals surface area contributed by atoms with Crippen LogP contribution in [0.1, 0.15) is 32.8 Å². The smallest absolute Gasteiger partial charge is 0.0417 e. The lowest BCUT2D eigenvalue weighted by Gasteiger charge is -2.24. The van der Waals surface area contributed by atoms with Gasteiger partial charge in [-0.05, 0) is 38.0 Å². The predicted octanol–water partition coefficient (Wildman–Crippen LogP) is 4.38. The molecule has 3 heteroatoms. The second kappa shape index (κ2) is 5.33. The molecule has 1 rings (SSSR count). The zero-order valence-corrected chi connectivity index (χ0v) is 11.7. The van der Waals surface area contributed by atoms with Crippen LogP contribution in [0.25, 0.3) is 0 Å². The first-order valence-corrected chi connectivity index (χ1v) is 6.30. The Morgan fingerprint density at radius 2 is 2.07 bits per heavy atom. The Morgan fingerprint density at radius 3 is 2.60 bits per heavy atom. The average molecular weight is 291 g/mol. The molecule has 84 valence electrons. The van der Waals surface area contributed by atoms with Crippen LogP contribution in [0.5, 0.6) is 0 Å². The van der Waals surface area contributed by atoms with E-state index in [2.05, 4.69) is 42.0 Å². The average Bonchev–Trinajstić information content (AvgIpc) is 2.16.